The molecule has 5 nitrogen and oxygen atoms in total. The van der Waals surface area contributed by atoms with Crippen LogP contribution in [0.5, 0.6) is 5.75 Å². The number of anilines is 2. The fourth-order valence-corrected chi connectivity index (χ4v) is 2.81. The summed E-state index contributed by atoms with van der Waals surface area (Å²) in [6.45, 7) is 0.663. The summed E-state index contributed by atoms with van der Waals surface area (Å²) in [7, 11) is 0. The average Bonchev–Trinajstić information content (AvgIpc) is 2.63. The van der Waals surface area contributed by atoms with Crippen molar-refractivity contribution in [2.75, 3.05) is 16.8 Å². The van der Waals surface area contributed by atoms with Gasteiger partial charge in [-0.05, 0) is 61.4 Å². The molecule has 0 atom stereocenters. The molecule has 0 saturated carbocycles. The predicted molar refractivity (Wildman–Crippen MR) is 93.7 cm³/mol. The first-order valence-electron chi connectivity index (χ1n) is 8.39. The molecule has 1 fully saturated rings. The van der Waals surface area contributed by atoms with Crippen molar-refractivity contribution in [2.24, 2.45) is 0 Å². The summed E-state index contributed by atoms with van der Waals surface area (Å²) in [5, 5.41) is 2.60. The number of rotatable bonds is 4. The number of halogens is 3. The highest BCUT2D eigenvalue weighted by molar-refractivity contribution is 6.04. The van der Waals surface area contributed by atoms with Crippen LogP contribution in [0.2, 0.25) is 0 Å². The molecule has 1 saturated heterocycles. The fourth-order valence-electron chi connectivity index (χ4n) is 2.81. The van der Waals surface area contributed by atoms with E-state index in [-0.39, 0.29) is 11.7 Å². The Morgan fingerprint density at radius 2 is 1.67 bits per heavy atom. The number of amides is 2. The second kappa shape index (κ2) is 7.69. The third-order valence-electron chi connectivity index (χ3n) is 4.11. The monoisotopic (exact) mass is 378 g/mol. The molecule has 0 bridgehead atoms. The summed E-state index contributed by atoms with van der Waals surface area (Å²) in [6.07, 6.45) is -2.40. The summed E-state index contributed by atoms with van der Waals surface area (Å²) in [4.78, 5) is 25.9. The van der Waals surface area contributed by atoms with Gasteiger partial charge >= 0.3 is 6.36 Å². The normalized spacial score (nSPS) is 14.8. The van der Waals surface area contributed by atoms with Crippen molar-refractivity contribution in [1.29, 1.82) is 0 Å². The molecule has 0 radical (unpaired) electrons. The first-order chi connectivity index (χ1) is 12.8. The molecule has 2 amide bonds. The Balaban J connectivity index is 1.63. The first kappa shape index (κ1) is 18.8. The summed E-state index contributed by atoms with van der Waals surface area (Å²) >= 11 is 0. The van der Waals surface area contributed by atoms with Crippen molar-refractivity contribution >= 4 is 23.2 Å². The van der Waals surface area contributed by atoms with Crippen LogP contribution in [-0.4, -0.2) is 24.7 Å². The van der Waals surface area contributed by atoms with Crippen LogP contribution in [0.1, 0.15) is 29.6 Å². The van der Waals surface area contributed by atoms with E-state index in [1.54, 1.807) is 29.2 Å². The molecule has 1 aliphatic rings. The van der Waals surface area contributed by atoms with Gasteiger partial charge in [-0.25, -0.2) is 0 Å². The van der Waals surface area contributed by atoms with E-state index in [2.05, 4.69) is 10.1 Å². The number of piperidine rings is 1. The Morgan fingerprint density at radius 3 is 2.26 bits per heavy atom. The van der Waals surface area contributed by atoms with E-state index in [0.29, 0.717) is 24.2 Å². The predicted octanol–water partition coefficient (Wildman–Crippen LogP) is 4.35. The number of carbonyl (C=O) groups excluding carboxylic acids is 2. The number of hydrogen-bond donors (Lipinski definition) is 1. The highest BCUT2D eigenvalue weighted by Crippen LogP contribution is 2.25. The van der Waals surface area contributed by atoms with Crippen LogP contribution < -0.4 is 15.0 Å². The maximum absolute atomic E-state index is 12.3. The summed E-state index contributed by atoms with van der Waals surface area (Å²) < 4.78 is 40.2. The zero-order valence-corrected chi connectivity index (χ0v) is 14.3. The Bertz CT molecular complexity index is 818. The van der Waals surface area contributed by atoms with Crippen molar-refractivity contribution in [2.45, 2.75) is 25.6 Å². The van der Waals surface area contributed by atoms with Gasteiger partial charge in [0.2, 0.25) is 5.91 Å². The van der Waals surface area contributed by atoms with Gasteiger partial charge in [0.25, 0.3) is 5.91 Å². The molecule has 2 aromatic carbocycles. The van der Waals surface area contributed by atoms with Gasteiger partial charge in [0, 0.05) is 29.9 Å². The van der Waals surface area contributed by atoms with E-state index >= 15 is 0 Å². The van der Waals surface area contributed by atoms with Gasteiger partial charge in [-0.1, -0.05) is 0 Å². The van der Waals surface area contributed by atoms with Crippen LogP contribution in [0, 0.1) is 0 Å². The summed E-state index contributed by atoms with van der Waals surface area (Å²) in [5.41, 5.74) is 1.45. The van der Waals surface area contributed by atoms with Gasteiger partial charge in [0.1, 0.15) is 5.75 Å². The van der Waals surface area contributed by atoms with E-state index in [0.717, 1.165) is 30.7 Å². The number of alkyl halides is 3. The molecule has 1 N–H and O–H groups in total. The summed E-state index contributed by atoms with van der Waals surface area (Å²) in [6, 6.07) is 11.5. The van der Waals surface area contributed by atoms with Crippen molar-refractivity contribution in [3.8, 4) is 5.75 Å². The van der Waals surface area contributed by atoms with Crippen LogP contribution in [0.15, 0.2) is 48.5 Å². The molecular weight excluding hydrogens is 361 g/mol. The quantitative estimate of drug-likeness (QED) is 0.860. The highest BCUT2D eigenvalue weighted by Gasteiger charge is 2.31. The average molecular weight is 378 g/mol. The molecule has 3 rings (SSSR count). The SMILES string of the molecule is O=C(Nc1ccc(OC(F)(F)F)cc1)c1ccc(N2CCCCC2=O)cc1. The minimum atomic E-state index is -4.76. The Hall–Kier alpha value is -3.03. The lowest BCUT2D eigenvalue weighted by Gasteiger charge is -2.26. The maximum Gasteiger partial charge on any atom is 0.573 e. The molecule has 0 spiro atoms. The number of nitrogens with zero attached hydrogens (tertiary/aromatic N) is 1. The Labute approximate surface area is 153 Å². The summed E-state index contributed by atoms with van der Waals surface area (Å²) in [5.74, 6) is -0.702. The molecule has 1 heterocycles. The smallest absolute Gasteiger partial charge is 0.406 e. The van der Waals surface area contributed by atoms with E-state index in [1.165, 1.54) is 12.1 Å². The number of nitrogens with one attached hydrogen (secondary N) is 1. The number of hydrogen-bond acceptors (Lipinski definition) is 3. The number of benzene rings is 2. The lowest BCUT2D eigenvalue weighted by molar-refractivity contribution is -0.274. The lowest BCUT2D eigenvalue weighted by atomic mass is 10.1. The lowest BCUT2D eigenvalue weighted by Crippen LogP contribution is -2.35. The molecule has 0 aromatic heterocycles. The standard InChI is InChI=1S/C19H17F3N2O3/c20-19(21,22)27-16-10-6-14(7-11-16)23-18(26)13-4-8-15(9-5-13)24-12-2-1-3-17(24)25/h4-11H,1-3,12H2,(H,23,26). The first-order valence-corrected chi connectivity index (χ1v) is 8.39. The van der Waals surface area contributed by atoms with Gasteiger partial charge in [-0.3, -0.25) is 9.59 Å². The van der Waals surface area contributed by atoms with Crippen LogP contribution >= 0.6 is 0 Å². The maximum atomic E-state index is 12.3. The van der Waals surface area contributed by atoms with Crippen molar-refractivity contribution in [1.82, 2.24) is 0 Å². The minimum Gasteiger partial charge on any atom is -0.406 e. The van der Waals surface area contributed by atoms with Gasteiger partial charge in [0.15, 0.2) is 0 Å². The zero-order chi connectivity index (χ0) is 19.4. The molecule has 8 heteroatoms. The molecule has 142 valence electrons. The van der Waals surface area contributed by atoms with Crippen LogP contribution in [0.3, 0.4) is 0 Å². The second-order valence-corrected chi connectivity index (χ2v) is 6.08. The molecular formula is C19H17F3N2O3. The molecule has 0 unspecified atom stereocenters. The fraction of sp³-hybridized carbons (Fsp3) is 0.263. The zero-order valence-electron chi connectivity index (χ0n) is 14.3. The minimum absolute atomic E-state index is 0.0691. The highest BCUT2D eigenvalue weighted by atomic mass is 19.4. The third-order valence-corrected chi connectivity index (χ3v) is 4.11. The van der Waals surface area contributed by atoms with Crippen molar-refractivity contribution < 1.29 is 27.5 Å². The number of ether oxygens (including phenoxy) is 1. The number of carbonyl (C=O) groups is 2. The van der Waals surface area contributed by atoms with Gasteiger partial charge in [-0.2, -0.15) is 0 Å². The largest absolute Gasteiger partial charge is 0.573 e. The molecule has 1 aliphatic heterocycles. The van der Waals surface area contributed by atoms with Crippen molar-refractivity contribution in [3.05, 3.63) is 54.1 Å². The van der Waals surface area contributed by atoms with Gasteiger partial charge in [-0.15, -0.1) is 13.2 Å². The topological polar surface area (TPSA) is 58.6 Å². The van der Waals surface area contributed by atoms with Gasteiger partial charge < -0.3 is 15.0 Å². The van der Waals surface area contributed by atoms with E-state index in [9.17, 15) is 22.8 Å². The van der Waals surface area contributed by atoms with E-state index in [4.69, 9.17) is 0 Å². The van der Waals surface area contributed by atoms with Crippen LogP contribution in [-0.2, 0) is 4.79 Å². The van der Waals surface area contributed by atoms with Crippen LogP contribution in [0.25, 0.3) is 0 Å². The van der Waals surface area contributed by atoms with Crippen LogP contribution in [0.4, 0.5) is 24.5 Å². The third kappa shape index (κ3) is 4.99. The Morgan fingerprint density at radius 1 is 1.00 bits per heavy atom. The van der Waals surface area contributed by atoms with E-state index < -0.39 is 12.3 Å². The second-order valence-electron chi connectivity index (χ2n) is 6.08. The van der Waals surface area contributed by atoms with E-state index in [1.807, 2.05) is 0 Å². The Kier molecular flexibility index (Phi) is 5.34. The van der Waals surface area contributed by atoms with Crippen molar-refractivity contribution in [3.63, 3.8) is 0 Å². The molecule has 27 heavy (non-hydrogen) atoms. The molecule has 0 aliphatic carbocycles. The molecule has 2 aromatic rings. The van der Waals surface area contributed by atoms with Gasteiger partial charge in [0.05, 0.1) is 0 Å².